The van der Waals surface area contributed by atoms with Gasteiger partial charge in [0.25, 0.3) is 0 Å². The van der Waals surface area contributed by atoms with Gasteiger partial charge in [0.15, 0.2) is 5.58 Å². The van der Waals surface area contributed by atoms with Crippen LogP contribution in [0, 0.1) is 0 Å². The maximum absolute atomic E-state index is 6.71. The summed E-state index contributed by atoms with van der Waals surface area (Å²) in [6.07, 6.45) is 3.85. The molecule has 0 atom stereocenters. The van der Waals surface area contributed by atoms with Crippen LogP contribution in [-0.2, 0) is 0 Å². The first kappa shape index (κ1) is 29.7. The standard InChI is InChI=1S/C50H28N2OS/c1-5-13-35-29(9-1)25-30-10-2-6-14-36(30)45(35)33-17-19-43-41(27-33)47-49(53-43)39(21-23-51-47)40-22-24-52-48-42-28-34(18-20-44(42)54-50(40)48)46-37-15-7-3-11-31(37)26-32-12-4-8-16-38(32)46/h1-28H. The van der Waals surface area contributed by atoms with Gasteiger partial charge in [0.05, 0.1) is 10.2 Å². The number of rotatable bonds is 3. The summed E-state index contributed by atoms with van der Waals surface area (Å²) in [4.78, 5) is 9.92. The highest BCUT2D eigenvalue weighted by atomic mass is 32.1. The minimum absolute atomic E-state index is 0.792. The molecule has 4 heteroatoms. The quantitative estimate of drug-likeness (QED) is 0.172. The van der Waals surface area contributed by atoms with Crippen LogP contribution in [0.2, 0.25) is 0 Å². The molecule has 0 aliphatic heterocycles. The first-order valence-electron chi connectivity index (χ1n) is 18.2. The van der Waals surface area contributed by atoms with Gasteiger partial charge in [-0.2, -0.15) is 0 Å². The molecular formula is C50H28N2OS. The normalized spacial score (nSPS) is 12.1. The molecule has 12 rings (SSSR count). The third-order valence-corrected chi connectivity index (χ3v) is 12.3. The van der Waals surface area contributed by atoms with Crippen LogP contribution in [0.5, 0.6) is 0 Å². The molecule has 4 heterocycles. The molecule has 0 N–H and O–H groups in total. The molecule has 0 amide bonds. The van der Waals surface area contributed by atoms with Crippen molar-refractivity contribution in [3.05, 3.63) is 170 Å². The fourth-order valence-corrected chi connectivity index (χ4v) is 9.87. The van der Waals surface area contributed by atoms with Crippen molar-refractivity contribution in [1.29, 1.82) is 0 Å². The summed E-state index contributed by atoms with van der Waals surface area (Å²) < 4.78 is 9.06. The second-order valence-electron chi connectivity index (χ2n) is 14.1. The highest BCUT2D eigenvalue weighted by Gasteiger charge is 2.20. The summed E-state index contributed by atoms with van der Waals surface area (Å²) in [6.45, 7) is 0. The van der Waals surface area contributed by atoms with E-state index in [1.807, 2.05) is 12.4 Å². The van der Waals surface area contributed by atoms with Gasteiger partial charge in [-0.3, -0.25) is 9.97 Å². The predicted molar refractivity (Wildman–Crippen MR) is 229 cm³/mol. The van der Waals surface area contributed by atoms with Crippen molar-refractivity contribution < 1.29 is 4.42 Å². The van der Waals surface area contributed by atoms with E-state index in [4.69, 9.17) is 14.4 Å². The molecule has 0 saturated heterocycles. The largest absolute Gasteiger partial charge is 0.454 e. The first-order chi connectivity index (χ1) is 26.8. The lowest BCUT2D eigenvalue weighted by Crippen LogP contribution is -1.86. The molecule has 0 radical (unpaired) electrons. The fourth-order valence-electron chi connectivity index (χ4n) is 8.70. The lowest BCUT2D eigenvalue weighted by Gasteiger charge is -2.12. The van der Waals surface area contributed by atoms with Gasteiger partial charge in [-0.1, -0.05) is 109 Å². The minimum Gasteiger partial charge on any atom is -0.454 e. The summed E-state index contributed by atoms with van der Waals surface area (Å²) in [6, 6.07) is 56.9. The van der Waals surface area contributed by atoms with Crippen LogP contribution in [0.4, 0.5) is 0 Å². The van der Waals surface area contributed by atoms with Crippen molar-refractivity contribution in [3.63, 3.8) is 0 Å². The summed E-state index contributed by atoms with van der Waals surface area (Å²) in [5.41, 5.74) is 10.4. The average molecular weight is 705 g/mol. The zero-order chi connectivity index (χ0) is 35.3. The molecule has 3 nitrogen and oxygen atoms in total. The number of furan rings is 1. The van der Waals surface area contributed by atoms with Crippen LogP contribution in [0.3, 0.4) is 0 Å². The number of aromatic nitrogens is 2. The van der Waals surface area contributed by atoms with Crippen molar-refractivity contribution in [2.45, 2.75) is 0 Å². The number of fused-ring (bicyclic) bond motifs is 10. The number of pyridine rings is 2. The molecule has 4 aromatic heterocycles. The third kappa shape index (κ3) is 4.29. The number of hydrogen-bond acceptors (Lipinski definition) is 4. The molecule has 0 saturated carbocycles. The zero-order valence-electron chi connectivity index (χ0n) is 28.9. The first-order valence-corrected chi connectivity index (χ1v) is 19.0. The molecule has 0 aliphatic rings. The van der Waals surface area contributed by atoms with Crippen molar-refractivity contribution in [2.75, 3.05) is 0 Å². The SMILES string of the molecule is c1ccc2c(-c3ccc4oc5c(-c6ccnc7c6sc6ccc(-c8c9ccccc9cc9ccccc89)cc67)ccnc5c4c3)c3ccccc3cc2c1. The van der Waals surface area contributed by atoms with Gasteiger partial charge in [0.1, 0.15) is 11.1 Å². The molecule has 0 bridgehead atoms. The number of hydrogen-bond donors (Lipinski definition) is 0. The van der Waals surface area contributed by atoms with Crippen molar-refractivity contribution in [1.82, 2.24) is 9.97 Å². The lowest BCUT2D eigenvalue weighted by atomic mass is 9.91. The Balaban J connectivity index is 1.05. The van der Waals surface area contributed by atoms with Crippen molar-refractivity contribution in [3.8, 4) is 33.4 Å². The molecule has 12 aromatic rings. The van der Waals surface area contributed by atoms with E-state index < -0.39 is 0 Å². The van der Waals surface area contributed by atoms with Gasteiger partial charge in [-0.25, -0.2) is 0 Å². The lowest BCUT2D eigenvalue weighted by molar-refractivity contribution is 0.669. The summed E-state index contributed by atoms with van der Waals surface area (Å²) in [7, 11) is 0. The van der Waals surface area contributed by atoms with Crippen LogP contribution in [0.1, 0.15) is 0 Å². The van der Waals surface area contributed by atoms with Crippen molar-refractivity contribution in [2.24, 2.45) is 0 Å². The summed E-state index contributed by atoms with van der Waals surface area (Å²) in [5, 5.41) is 12.1. The fraction of sp³-hybridized carbons (Fsp3) is 0. The van der Waals surface area contributed by atoms with Crippen molar-refractivity contribution >= 4 is 96.8 Å². The monoisotopic (exact) mass is 704 g/mol. The molecule has 54 heavy (non-hydrogen) atoms. The minimum atomic E-state index is 0.792. The Bertz CT molecular complexity index is 3180. The van der Waals surface area contributed by atoms with E-state index in [2.05, 4.69) is 158 Å². The Morgan fingerprint density at radius 3 is 1.50 bits per heavy atom. The maximum Gasteiger partial charge on any atom is 0.161 e. The number of benzene rings is 8. The Kier molecular flexibility index (Phi) is 6.21. The van der Waals surface area contributed by atoms with Gasteiger partial charge < -0.3 is 4.42 Å². The Morgan fingerprint density at radius 1 is 0.407 bits per heavy atom. The smallest absolute Gasteiger partial charge is 0.161 e. The van der Waals surface area contributed by atoms with Gasteiger partial charge >= 0.3 is 0 Å². The second-order valence-corrected chi connectivity index (χ2v) is 15.1. The Morgan fingerprint density at radius 2 is 0.907 bits per heavy atom. The zero-order valence-corrected chi connectivity index (χ0v) is 29.7. The topological polar surface area (TPSA) is 38.9 Å². The van der Waals surface area contributed by atoms with E-state index >= 15 is 0 Å². The Labute approximate surface area is 313 Å². The van der Waals surface area contributed by atoms with E-state index in [9.17, 15) is 0 Å². The van der Waals surface area contributed by atoms with Crippen LogP contribution >= 0.6 is 11.3 Å². The van der Waals surface area contributed by atoms with Gasteiger partial charge in [-0.05, 0) is 114 Å². The number of nitrogens with zero attached hydrogens (tertiary/aromatic N) is 2. The van der Waals surface area contributed by atoms with E-state index in [0.29, 0.717) is 0 Å². The highest BCUT2D eigenvalue weighted by molar-refractivity contribution is 7.26. The molecule has 8 aromatic carbocycles. The molecule has 250 valence electrons. The summed E-state index contributed by atoms with van der Waals surface area (Å²) in [5.74, 6) is 0. The van der Waals surface area contributed by atoms with E-state index in [-0.39, 0.29) is 0 Å². The average Bonchev–Trinajstić information content (AvgIpc) is 3.80. The Hall–Kier alpha value is -6.88. The second kappa shape index (κ2) is 11.3. The molecular weight excluding hydrogens is 677 g/mol. The molecule has 0 aliphatic carbocycles. The molecule has 0 spiro atoms. The third-order valence-electron chi connectivity index (χ3n) is 11.1. The maximum atomic E-state index is 6.71. The van der Waals surface area contributed by atoms with Gasteiger partial charge in [-0.15, -0.1) is 11.3 Å². The van der Waals surface area contributed by atoms with E-state index in [1.165, 1.54) is 64.5 Å². The summed E-state index contributed by atoms with van der Waals surface area (Å²) >= 11 is 1.79. The van der Waals surface area contributed by atoms with Crippen LogP contribution in [0.25, 0.3) is 119 Å². The number of thiophene rings is 1. The van der Waals surface area contributed by atoms with Gasteiger partial charge in [0, 0.05) is 39.0 Å². The van der Waals surface area contributed by atoms with Crippen LogP contribution < -0.4 is 0 Å². The van der Waals surface area contributed by atoms with Crippen LogP contribution in [-0.4, -0.2) is 9.97 Å². The molecule has 0 fully saturated rings. The van der Waals surface area contributed by atoms with Crippen LogP contribution in [0.15, 0.2) is 175 Å². The van der Waals surface area contributed by atoms with Gasteiger partial charge in [0.2, 0.25) is 0 Å². The predicted octanol–water partition coefficient (Wildman–Crippen LogP) is 14.4. The van der Waals surface area contributed by atoms with E-state index in [0.717, 1.165) is 54.4 Å². The highest BCUT2D eigenvalue weighted by Crippen LogP contribution is 2.45. The molecule has 0 unspecified atom stereocenters. The van der Waals surface area contributed by atoms with E-state index in [1.54, 1.807) is 11.3 Å².